The second-order valence-electron chi connectivity index (χ2n) is 8.53. The number of rotatable bonds is 10. The van der Waals surface area contributed by atoms with E-state index in [1.54, 1.807) is 12.1 Å². The fraction of sp³-hybridized carbons (Fsp3) is 0.286. The summed E-state index contributed by atoms with van der Waals surface area (Å²) < 4.78 is 8.28. The van der Waals surface area contributed by atoms with Crippen LogP contribution in [0.25, 0.3) is 11.0 Å². The summed E-state index contributed by atoms with van der Waals surface area (Å²) in [6, 6.07) is 21.6. The number of nitrogens with zero attached hydrogens (tertiary/aromatic N) is 2. The molecule has 0 atom stereocenters. The van der Waals surface area contributed by atoms with Gasteiger partial charge in [0.1, 0.15) is 11.6 Å². The lowest BCUT2D eigenvalue weighted by atomic mass is 10.1. The maximum atomic E-state index is 12.4. The SMILES string of the molecule is Cc1cc(C)cc(OCCCn2c(CCCNC(=O)c3ccccc3Cl)nc3ccccc32)c1. The Kier molecular flexibility index (Phi) is 7.86. The molecule has 4 rings (SSSR count). The van der Waals surface area contributed by atoms with Crippen LogP contribution in [0.5, 0.6) is 5.75 Å². The third-order valence-corrected chi connectivity index (χ3v) is 6.03. The van der Waals surface area contributed by atoms with E-state index in [4.69, 9.17) is 21.3 Å². The zero-order valence-electron chi connectivity index (χ0n) is 19.7. The Hall–Kier alpha value is -3.31. The highest BCUT2D eigenvalue weighted by Crippen LogP contribution is 2.20. The average molecular weight is 476 g/mol. The minimum absolute atomic E-state index is 0.150. The molecule has 0 aliphatic carbocycles. The van der Waals surface area contributed by atoms with Gasteiger partial charge in [0.05, 0.1) is 28.2 Å². The molecule has 1 aromatic heterocycles. The van der Waals surface area contributed by atoms with Crippen LogP contribution in [0.2, 0.25) is 5.02 Å². The van der Waals surface area contributed by atoms with E-state index >= 15 is 0 Å². The van der Waals surface area contributed by atoms with Crippen molar-refractivity contribution in [1.29, 1.82) is 0 Å². The average Bonchev–Trinajstić information content (AvgIpc) is 3.16. The molecule has 3 aromatic carbocycles. The molecule has 0 spiro atoms. The van der Waals surface area contributed by atoms with Crippen LogP contribution in [0.4, 0.5) is 0 Å². The Labute approximate surface area is 205 Å². The van der Waals surface area contributed by atoms with Crippen LogP contribution >= 0.6 is 11.6 Å². The van der Waals surface area contributed by atoms with Crippen LogP contribution in [-0.4, -0.2) is 28.6 Å². The van der Waals surface area contributed by atoms with E-state index in [1.807, 2.05) is 30.3 Å². The van der Waals surface area contributed by atoms with Crippen LogP contribution < -0.4 is 10.1 Å². The van der Waals surface area contributed by atoms with Crippen molar-refractivity contribution < 1.29 is 9.53 Å². The number of carbonyl (C=O) groups excluding carboxylic acids is 1. The Balaban J connectivity index is 1.34. The third-order valence-electron chi connectivity index (χ3n) is 5.70. The van der Waals surface area contributed by atoms with Gasteiger partial charge in [-0.05, 0) is 74.2 Å². The Morgan fingerprint density at radius 3 is 2.53 bits per heavy atom. The summed E-state index contributed by atoms with van der Waals surface area (Å²) in [6.45, 7) is 6.19. The van der Waals surface area contributed by atoms with E-state index in [2.05, 4.69) is 48.0 Å². The van der Waals surface area contributed by atoms with Gasteiger partial charge >= 0.3 is 0 Å². The van der Waals surface area contributed by atoms with Crippen LogP contribution in [0.3, 0.4) is 0 Å². The van der Waals surface area contributed by atoms with E-state index in [0.29, 0.717) is 23.7 Å². The van der Waals surface area contributed by atoms with Gasteiger partial charge in [-0.3, -0.25) is 4.79 Å². The summed E-state index contributed by atoms with van der Waals surface area (Å²) in [6.07, 6.45) is 2.44. The molecule has 1 N–H and O–H groups in total. The summed E-state index contributed by atoms with van der Waals surface area (Å²) in [5.41, 5.74) is 5.04. The van der Waals surface area contributed by atoms with Crippen molar-refractivity contribution in [2.45, 2.75) is 39.7 Å². The topological polar surface area (TPSA) is 56.1 Å². The van der Waals surface area contributed by atoms with E-state index in [0.717, 1.165) is 48.4 Å². The lowest BCUT2D eigenvalue weighted by molar-refractivity contribution is 0.0953. The molecule has 0 fully saturated rings. The van der Waals surface area contributed by atoms with Gasteiger partial charge in [-0.15, -0.1) is 0 Å². The fourth-order valence-corrected chi connectivity index (χ4v) is 4.41. The molecule has 0 aliphatic rings. The molecule has 0 aliphatic heterocycles. The minimum Gasteiger partial charge on any atom is -0.494 e. The van der Waals surface area contributed by atoms with E-state index in [9.17, 15) is 4.79 Å². The molecule has 4 aromatic rings. The largest absolute Gasteiger partial charge is 0.494 e. The van der Waals surface area contributed by atoms with Crippen molar-refractivity contribution in [1.82, 2.24) is 14.9 Å². The molecule has 1 heterocycles. The molecule has 176 valence electrons. The van der Waals surface area contributed by atoms with Crippen LogP contribution in [-0.2, 0) is 13.0 Å². The first kappa shape index (κ1) is 23.8. The van der Waals surface area contributed by atoms with Gasteiger partial charge in [0, 0.05) is 19.5 Å². The highest BCUT2D eigenvalue weighted by Gasteiger charge is 2.12. The van der Waals surface area contributed by atoms with Crippen LogP contribution in [0, 0.1) is 13.8 Å². The number of ether oxygens (including phenoxy) is 1. The highest BCUT2D eigenvalue weighted by atomic mass is 35.5. The number of hydrogen-bond acceptors (Lipinski definition) is 3. The second kappa shape index (κ2) is 11.2. The monoisotopic (exact) mass is 475 g/mol. The fourth-order valence-electron chi connectivity index (χ4n) is 4.18. The molecule has 0 bridgehead atoms. The van der Waals surface area contributed by atoms with Gasteiger partial charge in [0.25, 0.3) is 5.91 Å². The summed E-state index contributed by atoms with van der Waals surface area (Å²) in [5.74, 6) is 1.80. The number of aromatic nitrogens is 2. The van der Waals surface area contributed by atoms with Gasteiger partial charge in [0.15, 0.2) is 0 Å². The van der Waals surface area contributed by atoms with Crippen molar-refractivity contribution >= 4 is 28.5 Å². The quantitative estimate of drug-likeness (QED) is 0.280. The second-order valence-corrected chi connectivity index (χ2v) is 8.94. The van der Waals surface area contributed by atoms with Crippen molar-refractivity contribution in [3.63, 3.8) is 0 Å². The molecule has 1 amide bonds. The molecular weight excluding hydrogens is 446 g/mol. The summed E-state index contributed by atoms with van der Waals surface area (Å²) in [4.78, 5) is 17.2. The number of nitrogens with one attached hydrogen (secondary N) is 1. The maximum absolute atomic E-state index is 12.4. The molecule has 0 unspecified atom stereocenters. The number of amides is 1. The number of halogens is 1. The molecule has 6 heteroatoms. The van der Waals surface area contributed by atoms with Gasteiger partial charge in [0.2, 0.25) is 0 Å². The summed E-state index contributed by atoms with van der Waals surface area (Å²) >= 11 is 6.12. The van der Waals surface area contributed by atoms with Gasteiger partial charge in [-0.25, -0.2) is 4.98 Å². The van der Waals surface area contributed by atoms with Crippen LogP contribution in [0.15, 0.2) is 66.7 Å². The Morgan fingerprint density at radius 1 is 1.00 bits per heavy atom. The summed E-state index contributed by atoms with van der Waals surface area (Å²) in [5, 5.41) is 3.43. The summed E-state index contributed by atoms with van der Waals surface area (Å²) in [7, 11) is 0. The number of para-hydroxylation sites is 2. The lowest BCUT2D eigenvalue weighted by Gasteiger charge is -2.12. The first-order valence-electron chi connectivity index (χ1n) is 11.7. The minimum atomic E-state index is -0.150. The molecule has 34 heavy (non-hydrogen) atoms. The van der Waals surface area contributed by atoms with Crippen molar-refractivity contribution in [2.75, 3.05) is 13.2 Å². The zero-order chi connectivity index (χ0) is 23.9. The predicted molar refractivity (Wildman–Crippen MR) is 138 cm³/mol. The zero-order valence-corrected chi connectivity index (χ0v) is 20.4. The van der Waals surface area contributed by atoms with E-state index in [1.165, 1.54) is 11.1 Å². The number of hydrogen-bond donors (Lipinski definition) is 1. The lowest BCUT2D eigenvalue weighted by Crippen LogP contribution is -2.25. The molecule has 0 saturated heterocycles. The molecule has 0 radical (unpaired) electrons. The standard InChI is InChI=1S/C28H30ClN3O2/c1-20-17-21(2)19-22(18-20)34-16-8-15-32-26-12-6-5-11-25(26)31-27(32)13-7-14-30-28(33)23-9-3-4-10-24(23)29/h3-6,9-12,17-19H,7-8,13-16H2,1-2H3,(H,30,33). The molecule has 0 saturated carbocycles. The first-order chi connectivity index (χ1) is 16.5. The van der Waals surface area contributed by atoms with Gasteiger partial charge < -0.3 is 14.6 Å². The first-order valence-corrected chi connectivity index (χ1v) is 12.1. The number of fused-ring (bicyclic) bond motifs is 1. The third kappa shape index (κ3) is 5.97. The predicted octanol–water partition coefficient (Wildman–Crippen LogP) is 6.14. The maximum Gasteiger partial charge on any atom is 0.252 e. The van der Waals surface area contributed by atoms with E-state index in [-0.39, 0.29) is 5.91 Å². The molecule has 5 nitrogen and oxygen atoms in total. The van der Waals surface area contributed by atoms with Crippen LogP contribution in [0.1, 0.15) is 40.2 Å². The Bertz CT molecular complexity index is 1260. The van der Waals surface area contributed by atoms with E-state index < -0.39 is 0 Å². The highest BCUT2D eigenvalue weighted by molar-refractivity contribution is 6.33. The number of carbonyl (C=O) groups is 1. The van der Waals surface area contributed by atoms with Crippen molar-refractivity contribution in [3.8, 4) is 5.75 Å². The normalized spacial score (nSPS) is 11.0. The van der Waals surface area contributed by atoms with Crippen molar-refractivity contribution in [2.24, 2.45) is 0 Å². The van der Waals surface area contributed by atoms with Crippen molar-refractivity contribution in [3.05, 3.63) is 94.3 Å². The number of aryl methyl sites for hydroxylation is 4. The number of benzene rings is 3. The molecular formula is C28H30ClN3O2. The Morgan fingerprint density at radius 2 is 1.74 bits per heavy atom. The van der Waals surface area contributed by atoms with Gasteiger partial charge in [-0.1, -0.05) is 41.9 Å². The van der Waals surface area contributed by atoms with Gasteiger partial charge in [-0.2, -0.15) is 0 Å². The smallest absolute Gasteiger partial charge is 0.252 e. The number of imidazole rings is 1.